The van der Waals surface area contributed by atoms with Crippen LogP contribution in [0.5, 0.6) is 0 Å². The molecule has 0 aromatic heterocycles. The zero-order valence-corrected chi connectivity index (χ0v) is 15.1. The summed E-state index contributed by atoms with van der Waals surface area (Å²) in [5.74, 6) is 0.516. The Morgan fingerprint density at radius 2 is 1.88 bits per heavy atom. The first-order chi connectivity index (χ1) is 11.3. The van der Waals surface area contributed by atoms with E-state index in [1.807, 2.05) is 38.1 Å². The maximum absolute atomic E-state index is 12.2. The normalized spacial score (nSPS) is 21.9. The van der Waals surface area contributed by atoms with Gasteiger partial charge in [0.25, 0.3) is 0 Å². The number of nitrogens with two attached hydrogens (primary N) is 1. The van der Waals surface area contributed by atoms with Crippen molar-refractivity contribution in [3.05, 3.63) is 34.9 Å². The van der Waals surface area contributed by atoms with Crippen LogP contribution in [0.2, 0.25) is 5.02 Å². The van der Waals surface area contributed by atoms with Crippen molar-refractivity contribution in [2.24, 2.45) is 23.5 Å². The standard InChI is InChI=1S/C18H26ClN3O2/c1-10(2)16(20)18(24)21-9-15(23)22-17(14-8-11(14)3)12-4-6-13(19)7-5-12/h4-7,10-11,14,16-17H,8-9,20H2,1-3H3,(H,21,24)(H,22,23)/t11?,14?,16-,17?/m0/s1. The lowest BCUT2D eigenvalue weighted by molar-refractivity contribution is -0.127. The molecular weight excluding hydrogens is 326 g/mol. The van der Waals surface area contributed by atoms with Crippen molar-refractivity contribution in [3.8, 4) is 0 Å². The smallest absolute Gasteiger partial charge is 0.239 e. The molecule has 1 aliphatic carbocycles. The number of nitrogens with one attached hydrogen (secondary N) is 2. The minimum Gasteiger partial charge on any atom is -0.347 e. The first-order valence-electron chi connectivity index (χ1n) is 8.37. The van der Waals surface area contributed by atoms with Gasteiger partial charge in [0, 0.05) is 5.02 Å². The van der Waals surface area contributed by atoms with Gasteiger partial charge >= 0.3 is 0 Å². The second-order valence-electron chi connectivity index (χ2n) is 6.96. The second kappa shape index (κ2) is 7.99. The van der Waals surface area contributed by atoms with Gasteiger partial charge in [0.15, 0.2) is 0 Å². The summed E-state index contributed by atoms with van der Waals surface area (Å²) in [6, 6.07) is 6.87. The number of carbonyl (C=O) groups excluding carboxylic acids is 2. The lowest BCUT2D eigenvalue weighted by Crippen LogP contribution is -2.47. The molecule has 4 atom stereocenters. The molecule has 0 bridgehead atoms. The Bertz CT molecular complexity index is 588. The SMILES string of the molecule is CC1CC1C(NC(=O)CNC(=O)[C@@H](N)C(C)C)c1ccc(Cl)cc1. The Kier molecular flexibility index (Phi) is 6.24. The molecule has 1 aromatic rings. The largest absolute Gasteiger partial charge is 0.347 e. The van der Waals surface area contributed by atoms with Gasteiger partial charge in [0.1, 0.15) is 0 Å². The molecule has 1 fully saturated rings. The summed E-state index contributed by atoms with van der Waals surface area (Å²) < 4.78 is 0. The molecule has 0 radical (unpaired) electrons. The molecule has 1 saturated carbocycles. The molecule has 2 rings (SSSR count). The molecule has 6 heteroatoms. The summed E-state index contributed by atoms with van der Waals surface area (Å²) in [6.45, 7) is 5.85. The molecule has 0 aliphatic heterocycles. The Morgan fingerprint density at radius 3 is 2.38 bits per heavy atom. The van der Waals surface area contributed by atoms with Crippen molar-refractivity contribution < 1.29 is 9.59 Å². The average molecular weight is 352 g/mol. The molecule has 2 amide bonds. The monoisotopic (exact) mass is 351 g/mol. The number of amides is 2. The van der Waals surface area contributed by atoms with Crippen LogP contribution in [0.1, 0.15) is 38.8 Å². The molecule has 3 unspecified atom stereocenters. The van der Waals surface area contributed by atoms with E-state index in [0.717, 1.165) is 12.0 Å². The third-order valence-electron chi connectivity index (χ3n) is 4.59. The second-order valence-corrected chi connectivity index (χ2v) is 7.40. The van der Waals surface area contributed by atoms with Crippen molar-refractivity contribution in [2.45, 2.75) is 39.3 Å². The van der Waals surface area contributed by atoms with Gasteiger partial charge in [-0.15, -0.1) is 0 Å². The van der Waals surface area contributed by atoms with E-state index >= 15 is 0 Å². The molecule has 0 heterocycles. The lowest BCUT2D eigenvalue weighted by atomic mass is 10.0. The minimum atomic E-state index is -0.603. The summed E-state index contributed by atoms with van der Waals surface area (Å²) in [7, 11) is 0. The number of hydrogen-bond donors (Lipinski definition) is 3. The Labute approximate surface area is 148 Å². The lowest BCUT2D eigenvalue weighted by Gasteiger charge is -2.20. The Morgan fingerprint density at radius 1 is 1.29 bits per heavy atom. The van der Waals surface area contributed by atoms with E-state index in [2.05, 4.69) is 17.6 Å². The van der Waals surface area contributed by atoms with E-state index in [9.17, 15) is 9.59 Å². The average Bonchev–Trinajstić information content (AvgIpc) is 3.27. The van der Waals surface area contributed by atoms with Gasteiger partial charge in [-0.25, -0.2) is 0 Å². The Balaban J connectivity index is 1.93. The summed E-state index contributed by atoms with van der Waals surface area (Å²) in [4.78, 5) is 24.1. The van der Waals surface area contributed by atoms with Crippen LogP contribution in [0.4, 0.5) is 0 Å². The zero-order chi connectivity index (χ0) is 17.9. The summed E-state index contributed by atoms with van der Waals surface area (Å²) in [5, 5.41) is 6.30. The van der Waals surface area contributed by atoms with E-state index in [1.54, 1.807) is 0 Å². The molecule has 0 saturated heterocycles. The number of hydrogen-bond acceptors (Lipinski definition) is 3. The van der Waals surface area contributed by atoms with Crippen LogP contribution in [-0.2, 0) is 9.59 Å². The maximum Gasteiger partial charge on any atom is 0.239 e. The highest BCUT2D eigenvalue weighted by molar-refractivity contribution is 6.30. The fraction of sp³-hybridized carbons (Fsp3) is 0.556. The van der Waals surface area contributed by atoms with E-state index < -0.39 is 6.04 Å². The summed E-state index contributed by atoms with van der Waals surface area (Å²) >= 11 is 5.94. The van der Waals surface area contributed by atoms with Gasteiger partial charge < -0.3 is 16.4 Å². The molecule has 4 N–H and O–H groups in total. The fourth-order valence-electron chi connectivity index (χ4n) is 2.74. The highest BCUT2D eigenvalue weighted by Gasteiger charge is 2.40. The zero-order valence-electron chi connectivity index (χ0n) is 14.4. The summed E-state index contributed by atoms with van der Waals surface area (Å²) in [5.41, 5.74) is 6.81. The number of rotatable bonds is 7. The van der Waals surface area contributed by atoms with E-state index in [0.29, 0.717) is 16.9 Å². The number of carbonyl (C=O) groups is 2. The van der Waals surface area contributed by atoms with Gasteiger partial charge in [0.2, 0.25) is 11.8 Å². The van der Waals surface area contributed by atoms with Crippen molar-refractivity contribution in [1.82, 2.24) is 10.6 Å². The van der Waals surface area contributed by atoms with Crippen molar-refractivity contribution in [2.75, 3.05) is 6.54 Å². The number of halogens is 1. The Hall–Kier alpha value is -1.59. The van der Waals surface area contributed by atoms with Crippen molar-refractivity contribution >= 4 is 23.4 Å². The molecule has 1 aliphatic rings. The molecular formula is C18H26ClN3O2. The molecule has 24 heavy (non-hydrogen) atoms. The van der Waals surface area contributed by atoms with Gasteiger partial charge in [-0.1, -0.05) is 44.5 Å². The van der Waals surface area contributed by atoms with Crippen LogP contribution in [0.15, 0.2) is 24.3 Å². The molecule has 1 aromatic carbocycles. The minimum absolute atomic E-state index is 0.0298. The first kappa shape index (κ1) is 18.7. The van der Waals surface area contributed by atoms with Crippen molar-refractivity contribution in [1.29, 1.82) is 0 Å². The molecule has 5 nitrogen and oxygen atoms in total. The van der Waals surface area contributed by atoms with Gasteiger partial charge in [-0.2, -0.15) is 0 Å². The van der Waals surface area contributed by atoms with Gasteiger partial charge in [-0.05, 0) is 41.9 Å². The van der Waals surface area contributed by atoms with E-state index in [4.69, 9.17) is 17.3 Å². The van der Waals surface area contributed by atoms with Crippen LogP contribution in [0.3, 0.4) is 0 Å². The van der Waals surface area contributed by atoms with Gasteiger partial charge in [-0.3, -0.25) is 9.59 Å². The van der Waals surface area contributed by atoms with Crippen LogP contribution in [-0.4, -0.2) is 24.4 Å². The van der Waals surface area contributed by atoms with Crippen LogP contribution < -0.4 is 16.4 Å². The third kappa shape index (κ3) is 4.95. The summed E-state index contributed by atoms with van der Waals surface area (Å²) in [6.07, 6.45) is 1.08. The molecule has 132 valence electrons. The quantitative estimate of drug-likeness (QED) is 0.704. The topological polar surface area (TPSA) is 84.2 Å². The highest BCUT2D eigenvalue weighted by Crippen LogP contribution is 2.47. The van der Waals surface area contributed by atoms with E-state index in [-0.39, 0.29) is 30.3 Å². The van der Waals surface area contributed by atoms with E-state index in [1.165, 1.54) is 0 Å². The predicted molar refractivity (Wildman–Crippen MR) is 95.4 cm³/mol. The highest BCUT2D eigenvalue weighted by atomic mass is 35.5. The maximum atomic E-state index is 12.2. The fourth-order valence-corrected chi connectivity index (χ4v) is 2.86. The number of benzene rings is 1. The predicted octanol–water partition coefficient (Wildman–Crippen LogP) is 2.25. The van der Waals surface area contributed by atoms with Gasteiger partial charge in [0.05, 0.1) is 18.6 Å². The van der Waals surface area contributed by atoms with Crippen LogP contribution in [0.25, 0.3) is 0 Å². The third-order valence-corrected chi connectivity index (χ3v) is 4.84. The van der Waals surface area contributed by atoms with Crippen molar-refractivity contribution in [3.63, 3.8) is 0 Å². The molecule has 0 spiro atoms. The van der Waals surface area contributed by atoms with Crippen LogP contribution >= 0.6 is 11.6 Å². The van der Waals surface area contributed by atoms with Crippen LogP contribution in [0, 0.1) is 17.8 Å². The first-order valence-corrected chi connectivity index (χ1v) is 8.75.